The lowest BCUT2D eigenvalue weighted by molar-refractivity contribution is 0.0436. The number of carbonyl (C=O) groups is 1. The van der Waals surface area contributed by atoms with Crippen molar-refractivity contribution in [2.75, 3.05) is 12.3 Å². The summed E-state index contributed by atoms with van der Waals surface area (Å²) in [7, 11) is 0. The van der Waals surface area contributed by atoms with E-state index in [0.717, 1.165) is 23.9 Å². The SMILES string of the molecule is CCC(CC)COC(=O)c1c(N)n([C@H](C)c2ccccc2)c2nc3ccccc3nc12. The molecule has 4 aromatic rings. The Morgan fingerprint density at radius 2 is 1.61 bits per heavy atom. The van der Waals surface area contributed by atoms with Gasteiger partial charge in [0.05, 0.1) is 23.7 Å². The van der Waals surface area contributed by atoms with Gasteiger partial charge in [0.15, 0.2) is 5.65 Å². The molecule has 2 aromatic carbocycles. The number of nitrogens with zero attached hydrogens (tertiary/aromatic N) is 3. The number of aromatic nitrogens is 3. The Morgan fingerprint density at radius 1 is 1.00 bits per heavy atom. The molecule has 6 nitrogen and oxygen atoms in total. The van der Waals surface area contributed by atoms with Crippen molar-refractivity contribution in [2.45, 2.75) is 39.7 Å². The Kier molecular flexibility index (Phi) is 5.89. The van der Waals surface area contributed by atoms with E-state index in [1.165, 1.54) is 0 Å². The van der Waals surface area contributed by atoms with E-state index in [0.29, 0.717) is 40.6 Å². The average Bonchev–Trinajstić information content (AvgIpc) is 3.08. The van der Waals surface area contributed by atoms with E-state index in [1.54, 1.807) is 0 Å². The third-order valence-electron chi connectivity index (χ3n) is 6.01. The molecule has 0 aliphatic carbocycles. The predicted octanol–water partition coefficient (Wildman–Crippen LogP) is 5.37. The molecule has 0 aliphatic rings. The van der Waals surface area contributed by atoms with Crippen LogP contribution < -0.4 is 5.73 Å². The first-order valence-electron chi connectivity index (χ1n) is 10.8. The van der Waals surface area contributed by atoms with Gasteiger partial charge in [-0.2, -0.15) is 0 Å². The summed E-state index contributed by atoms with van der Waals surface area (Å²) < 4.78 is 7.56. The summed E-state index contributed by atoms with van der Waals surface area (Å²) in [5.41, 5.74) is 10.5. The van der Waals surface area contributed by atoms with E-state index in [2.05, 4.69) is 13.8 Å². The minimum atomic E-state index is -0.446. The number of para-hydroxylation sites is 2. The summed E-state index contributed by atoms with van der Waals surface area (Å²) >= 11 is 0. The first kappa shape index (κ1) is 20.8. The highest BCUT2D eigenvalue weighted by molar-refractivity contribution is 6.08. The second kappa shape index (κ2) is 8.76. The predicted molar refractivity (Wildman–Crippen MR) is 124 cm³/mol. The Hall–Kier alpha value is -3.41. The number of hydrogen-bond donors (Lipinski definition) is 1. The lowest BCUT2D eigenvalue weighted by Gasteiger charge is -2.17. The minimum absolute atomic E-state index is 0.125. The van der Waals surface area contributed by atoms with Crippen LogP contribution in [-0.4, -0.2) is 27.1 Å². The maximum atomic E-state index is 13.1. The van der Waals surface area contributed by atoms with Crippen molar-refractivity contribution in [3.8, 4) is 0 Å². The molecule has 2 aromatic heterocycles. The molecule has 6 heteroatoms. The van der Waals surface area contributed by atoms with Crippen LogP contribution in [0.1, 0.15) is 55.6 Å². The van der Waals surface area contributed by atoms with Crippen LogP contribution in [0, 0.1) is 5.92 Å². The third kappa shape index (κ3) is 3.85. The van der Waals surface area contributed by atoms with Gasteiger partial charge >= 0.3 is 5.97 Å². The summed E-state index contributed by atoms with van der Waals surface area (Å²) in [6, 6.07) is 17.5. The van der Waals surface area contributed by atoms with Crippen LogP contribution in [0.15, 0.2) is 54.6 Å². The van der Waals surface area contributed by atoms with Gasteiger partial charge in [0.2, 0.25) is 0 Å². The van der Waals surface area contributed by atoms with E-state index in [-0.39, 0.29) is 6.04 Å². The van der Waals surface area contributed by atoms with Crippen LogP contribution in [-0.2, 0) is 4.74 Å². The van der Waals surface area contributed by atoms with Crippen molar-refractivity contribution in [1.82, 2.24) is 14.5 Å². The zero-order valence-electron chi connectivity index (χ0n) is 18.2. The lowest BCUT2D eigenvalue weighted by atomic mass is 10.1. The second-order valence-corrected chi connectivity index (χ2v) is 7.88. The summed E-state index contributed by atoms with van der Waals surface area (Å²) in [4.78, 5) is 22.7. The van der Waals surface area contributed by atoms with E-state index >= 15 is 0 Å². The van der Waals surface area contributed by atoms with Gasteiger partial charge in [-0.3, -0.25) is 0 Å². The van der Waals surface area contributed by atoms with E-state index in [9.17, 15) is 4.79 Å². The van der Waals surface area contributed by atoms with Gasteiger partial charge in [-0.1, -0.05) is 69.2 Å². The van der Waals surface area contributed by atoms with Gasteiger partial charge in [-0.05, 0) is 30.5 Å². The van der Waals surface area contributed by atoms with Crippen LogP contribution in [0.3, 0.4) is 0 Å². The summed E-state index contributed by atoms with van der Waals surface area (Å²) in [6.07, 6.45) is 1.91. The molecular formula is C25H28N4O2. The van der Waals surface area contributed by atoms with Crippen LogP contribution in [0.4, 0.5) is 5.82 Å². The number of nitrogen functional groups attached to an aromatic ring is 1. The molecule has 0 saturated heterocycles. The van der Waals surface area contributed by atoms with Crippen molar-refractivity contribution in [3.63, 3.8) is 0 Å². The summed E-state index contributed by atoms with van der Waals surface area (Å²) in [6.45, 7) is 6.61. The number of hydrogen-bond acceptors (Lipinski definition) is 5. The van der Waals surface area contributed by atoms with Crippen LogP contribution in [0.5, 0.6) is 0 Å². The maximum Gasteiger partial charge on any atom is 0.344 e. The quantitative estimate of drug-likeness (QED) is 0.410. The lowest BCUT2D eigenvalue weighted by Crippen LogP contribution is -2.16. The molecule has 0 saturated carbocycles. The molecule has 4 rings (SSSR count). The smallest absolute Gasteiger partial charge is 0.344 e. The van der Waals surface area contributed by atoms with Gasteiger partial charge in [0.1, 0.15) is 16.9 Å². The Bertz CT molecular complexity index is 1210. The molecule has 160 valence electrons. The van der Waals surface area contributed by atoms with Gasteiger partial charge in [-0.15, -0.1) is 0 Å². The number of benzene rings is 2. The van der Waals surface area contributed by atoms with E-state index in [1.807, 2.05) is 66.1 Å². The first-order valence-corrected chi connectivity index (χ1v) is 10.8. The van der Waals surface area contributed by atoms with Crippen molar-refractivity contribution in [1.29, 1.82) is 0 Å². The van der Waals surface area contributed by atoms with Crippen molar-refractivity contribution in [2.24, 2.45) is 5.92 Å². The van der Waals surface area contributed by atoms with Gasteiger partial charge in [-0.25, -0.2) is 14.8 Å². The zero-order chi connectivity index (χ0) is 22.0. The van der Waals surface area contributed by atoms with E-state index in [4.69, 9.17) is 20.4 Å². The Morgan fingerprint density at radius 3 is 2.26 bits per heavy atom. The average molecular weight is 417 g/mol. The molecule has 1 atom stereocenters. The van der Waals surface area contributed by atoms with Crippen LogP contribution in [0.2, 0.25) is 0 Å². The number of anilines is 1. The molecular weight excluding hydrogens is 388 g/mol. The van der Waals surface area contributed by atoms with Crippen molar-refractivity contribution < 1.29 is 9.53 Å². The second-order valence-electron chi connectivity index (χ2n) is 7.88. The molecule has 0 bridgehead atoms. The zero-order valence-corrected chi connectivity index (χ0v) is 18.2. The van der Waals surface area contributed by atoms with E-state index < -0.39 is 5.97 Å². The fourth-order valence-electron chi connectivity index (χ4n) is 3.95. The minimum Gasteiger partial charge on any atom is -0.462 e. The normalized spacial score (nSPS) is 12.5. The topological polar surface area (TPSA) is 83.0 Å². The molecule has 2 heterocycles. The van der Waals surface area contributed by atoms with Crippen molar-refractivity contribution >= 4 is 34.0 Å². The highest BCUT2D eigenvalue weighted by atomic mass is 16.5. The van der Waals surface area contributed by atoms with Crippen molar-refractivity contribution in [3.05, 3.63) is 65.7 Å². The number of fused-ring (bicyclic) bond motifs is 2. The Labute approximate surface area is 182 Å². The fraction of sp³-hybridized carbons (Fsp3) is 0.320. The highest BCUT2D eigenvalue weighted by Gasteiger charge is 2.28. The number of nitrogens with two attached hydrogens (primary N) is 1. The number of ether oxygens (including phenoxy) is 1. The molecule has 0 aliphatic heterocycles. The monoisotopic (exact) mass is 416 g/mol. The van der Waals surface area contributed by atoms with Gasteiger partial charge in [0.25, 0.3) is 0 Å². The molecule has 31 heavy (non-hydrogen) atoms. The fourth-order valence-corrected chi connectivity index (χ4v) is 3.95. The largest absolute Gasteiger partial charge is 0.462 e. The van der Waals surface area contributed by atoms with Crippen LogP contribution in [0.25, 0.3) is 22.2 Å². The molecule has 0 fully saturated rings. The first-order chi connectivity index (χ1) is 15.0. The standard InChI is InChI=1S/C25H28N4O2/c1-4-17(5-2)15-31-25(30)21-22-24(28-20-14-10-9-13-19(20)27-22)29(23(21)26)16(3)18-11-7-6-8-12-18/h6-14,16-17H,4-5,15,26H2,1-3H3/t16-/m1/s1. The molecule has 0 unspecified atom stereocenters. The summed E-state index contributed by atoms with van der Waals surface area (Å²) in [5.74, 6) is 0.211. The number of rotatable bonds is 7. The van der Waals surface area contributed by atoms with Gasteiger partial charge in [0, 0.05) is 0 Å². The maximum absolute atomic E-state index is 13.1. The molecule has 0 spiro atoms. The summed E-state index contributed by atoms with van der Waals surface area (Å²) in [5, 5.41) is 0. The van der Waals surface area contributed by atoms with Crippen LogP contribution >= 0.6 is 0 Å². The number of esters is 1. The highest BCUT2D eigenvalue weighted by Crippen LogP contribution is 2.33. The molecule has 0 amide bonds. The molecule has 0 radical (unpaired) electrons. The Balaban J connectivity index is 1.88. The third-order valence-corrected chi connectivity index (χ3v) is 6.01. The molecule has 2 N–H and O–H groups in total. The number of carbonyl (C=O) groups excluding carboxylic acids is 1. The van der Waals surface area contributed by atoms with Gasteiger partial charge < -0.3 is 15.0 Å².